The maximum Gasteiger partial charge on any atom is 0.225 e. The van der Waals surface area contributed by atoms with Gasteiger partial charge in [-0.25, -0.2) is 4.98 Å². The normalized spacial score (nSPS) is 14.7. The Hall–Kier alpha value is -2.15. The van der Waals surface area contributed by atoms with Crippen molar-refractivity contribution in [2.24, 2.45) is 0 Å². The highest BCUT2D eigenvalue weighted by Gasteiger charge is 2.15. The minimum absolute atomic E-state index is 0.467. The molecule has 0 amide bonds. The van der Waals surface area contributed by atoms with Crippen LogP contribution >= 0.6 is 22.6 Å². The second-order valence-electron chi connectivity index (χ2n) is 6.91. The van der Waals surface area contributed by atoms with Crippen molar-refractivity contribution in [3.05, 3.63) is 64.2 Å². The van der Waals surface area contributed by atoms with Crippen LogP contribution in [0.15, 0.2) is 60.7 Å². The van der Waals surface area contributed by atoms with Gasteiger partial charge in [0.15, 0.2) is 0 Å². The number of nitrogens with one attached hydrogen (secondary N) is 2. The molecule has 27 heavy (non-hydrogen) atoms. The summed E-state index contributed by atoms with van der Waals surface area (Å²) in [4.78, 5) is 9.55. The van der Waals surface area contributed by atoms with Gasteiger partial charge in [0.2, 0.25) is 5.95 Å². The van der Waals surface area contributed by atoms with E-state index in [0.29, 0.717) is 12.0 Å². The molecule has 0 saturated heterocycles. The predicted octanol–water partition coefficient (Wildman–Crippen LogP) is 6.24. The molecule has 2 aromatic carbocycles. The van der Waals surface area contributed by atoms with Gasteiger partial charge in [-0.05, 0) is 47.6 Å². The zero-order valence-corrected chi connectivity index (χ0v) is 17.3. The van der Waals surface area contributed by atoms with Gasteiger partial charge in [-0.3, -0.25) is 0 Å². The lowest BCUT2D eigenvalue weighted by Crippen LogP contribution is -2.23. The van der Waals surface area contributed by atoms with Crippen LogP contribution in [0.1, 0.15) is 32.1 Å². The van der Waals surface area contributed by atoms with Gasteiger partial charge < -0.3 is 10.6 Å². The van der Waals surface area contributed by atoms with Gasteiger partial charge in [0.25, 0.3) is 0 Å². The van der Waals surface area contributed by atoms with Crippen LogP contribution in [0.25, 0.3) is 11.3 Å². The van der Waals surface area contributed by atoms with Crippen LogP contribution < -0.4 is 10.6 Å². The van der Waals surface area contributed by atoms with Gasteiger partial charge in [-0.2, -0.15) is 4.98 Å². The molecular formula is C22H23IN4. The molecule has 4 nitrogen and oxygen atoms in total. The number of nitrogens with zero attached hydrogens (tertiary/aromatic N) is 2. The van der Waals surface area contributed by atoms with Crippen LogP contribution in [-0.4, -0.2) is 16.0 Å². The molecule has 1 saturated carbocycles. The van der Waals surface area contributed by atoms with Crippen molar-refractivity contribution in [2.45, 2.75) is 38.1 Å². The third kappa shape index (κ3) is 4.77. The molecule has 0 atom stereocenters. The zero-order valence-electron chi connectivity index (χ0n) is 15.2. The van der Waals surface area contributed by atoms with Crippen LogP contribution in [0.3, 0.4) is 0 Å². The predicted molar refractivity (Wildman–Crippen MR) is 120 cm³/mol. The molecule has 0 aliphatic heterocycles. The maximum atomic E-state index is 4.80. The Balaban J connectivity index is 1.66. The lowest BCUT2D eigenvalue weighted by molar-refractivity contribution is 0.461. The van der Waals surface area contributed by atoms with Crippen LogP contribution in [0.5, 0.6) is 0 Å². The molecule has 0 bridgehead atoms. The molecule has 1 heterocycles. The molecule has 1 aliphatic carbocycles. The summed E-state index contributed by atoms with van der Waals surface area (Å²) < 4.78 is 1.16. The fraction of sp³-hybridized carbons (Fsp3) is 0.273. The van der Waals surface area contributed by atoms with Crippen molar-refractivity contribution >= 4 is 40.0 Å². The fourth-order valence-electron chi connectivity index (χ4n) is 3.46. The number of hydrogen-bond donors (Lipinski definition) is 2. The van der Waals surface area contributed by atoms with E-state index in [0.717, 1.165) is 26.3 Å². The highest BCUT2D eigenvalue weighted by atomic mass is 127. The fourth-order valence-corrected chi connectivity index (χ4v) is 3.98. The highest BCUT2D eigenvalue weighted by molar-refractivity contribution is 14.1. The second-order valence-corrected chi connectivity index (χ2v) is 8.07. The summed E-state index contributed by atoms with van der Waals surface area (Å²) >= 11 is 2.34. The molecule has 3 aromatic rings. The van der Waals surface area contributed by atoms with Gasteiger partial charge in [0.1, 0.15) is 5.82 Å². The number of aromatic nitrogens is 2. The Kier molecular flexibility index (Phi) is 5.87. The quantitative estimate of drug-likeness (QED) is 0.434. The summed E-state index contributed by atoms with van der Waals surface area (Å²) in [6.07, 6.45) is 6.28. The molecule has 1 aliphatic rings. The van der Waals surface area contributed by atoms with E-state index < -0.39 is 0 Å². The van der Waals surface area contributed by atoms with Gasteiger partial charge in [0.05, 0.1) is 11.4 Å². The number of benzene rings is 2. The molecule has 1 fully saturated rings. The SMILES string of the molecule is Ic1ccccc1Nc1cc(-c2ccccc2)nc(NC2CCCCC2)n1. The van der Waals surface area contributed by atoms with E-state index in [1.54, 1.807) is 0 Å². The van der Waals surface area contributed by atoms with Gasteiger partial charge in [-0.1, -0.05) is 61.7 Å². The van der Waals surface area contributed by atoms with Gasteiger partial charge in [0, 0.05) is 21.2 Å². The van der Waals surface area contributed by atoms with Gasteiger partial charge >= 0.3 is 0 Å². The topological polar surface area (TPSA) is 49.8 Å². The summed E-state index contributed by atoms with van der Waals surface area (Å²) in [7, 11) is 0. The van der Waals surface area contributed by atoms with E-state index in [9.17, 15) is 0 Å². The molecule has 0 unspecified atom stereocenters. The first kappa shape index (κ1) is 18.2. The number of hydrogen-bond acceptors (Lipinski definition) is 4. The third-order valence-electron chi connectivity index (χ3n) is 4.87. The van der Waals surface area contributed by atoms with Crippen molar-refractivity contribution < 1.29 is 0 Å². The molecule has 0 radical (unpaired) electrons. The van der Waals surface area contributed by atoms with Crippen LogP contribution in [-0.2, 0) is 0 Å². The zero-order chi connectivity index (χ0) is 18.5. The Morgan fingerprint density at radius 1 is 0.852 bits per heavy atom. The first-order valence-electron chi connectivity index (χ1n) is 9.50. The summed E-state index contributed by atoms with van der Waals surface area (Å²) in [6.45, 7) is 0. The minimum Gasteiger partial charge on any atom is -0.351 e. The van der Waals surface area contributed by atoms with E-state index in [1.165, 1.54) is 32.1 Å². The van der Waals surface area contributed by atoms with Crippen LogP contribution in [0.4, 0.5) is 17.5 Å². The summed E-state index contributed by atoms with van der Waals surface area (Å²) in [6, 6.07) is 21.0. The molecule has 138 valence electrons. The molecule has 4 rings (SSSR count). The maximum absolute atomic E-state index is 4.80. The largest absolute Gasteiger partial charge is 0.351 e. The Morgan fingerprint density at radius 2 is 1.59 bits per heavy atom. The second kappa shape index (κ2) is 8.69. The Labute approximate surface area is 174 Å². The van der Waals surface area contributed by atoms with E-state index in [1.807, 2.05) is 36.4 Å². The summed E-state index contributed by atoms with van der Waals surface area (Å²) in [5, 5.41) is 7.03. The summed E-state index contributed by atoms with van der Waals surface area (Å²) in [5.41, 5.74) is 3.08. The van der Waals surface area contributed by atoms with Crippen LogP contribution in [0.2, 0.25) is 0 Å². The minimum atomic E-state index is 0.467. The average molecular weight is 470 g/mol. The molecule has 5 heteroatoms. The van der Waals surface area contributed by atoms with E-state index in [2.05, 4.69) is 57.5 Å². The third-order valence-corrected chi connectivity index (χ3v) is 5.81. The number of anilines is 3. The molecule has 1 aromatic heterocycles. The highest BCUT2D eigenvalue weighted by Crippen LogP contribution is 2.27. The summed E-state index contributed by atoms with van der Waals surface area (Å²) in [5.74, 6) is 1.52. The van der Waals surface area contributed by atoms with Gasteiger partial charge in [-0.15, -0.1) is 0 Å². The van der Waals surface area contributed by atoms with E-state index in [-0.39, 0.29) is 0 Å². The smallest absolute Gasteiger partial charge is 0.225 e. The lowest BCUT2D eigenvalue weighted by Gasteiger charge is -2.23. The van der Waals surface area contributed by atoms with Crippen molar-refractivity contribution in [3.63, 3.8) is 0 Å². The van der Waals surface area contributed by atoms with Crippen molar-refractivity contribution in [1.29, 1.82) is 0 Å². The average Bonchev–Trinajstić information content (AvgIpc) is 2.71. The van der Waals surface area contributed by atoms with E-state index >= 15 is 0 Å². The number of para-hydroxylation sites is 1. The van der Waals surface area contributed by atoms with Crippen molar-refractivity contribution in [3.8, 4) is 11.3 Å². The van der Waals surface area contributed by atoms with Crippen molar-refractivity contribution in [1.82, 2.24) is 9.97 Å². The van der Waals surface area contributed by atoms with E-state index in [4.69, 9.17) is 9.97 Å². The first-order chi connectivity index (χ1) is 13.3. The van der Waals surface area contributed by atoms with Crippen LogP contribution in [0, 0.1) is 3.57 Å². The number of halogens is 1. The molecule has 0 spiro atoms. The molecule has 2 N–H and O–H groups in total. The molecular weight excluding hydrogens is 447 g/mol. The standard InChI is InChI=1S/C22H23IN4/c23-18-13-7-8-14-19(18)25-21-15-20(16-9-3-1-4-10-16)26-22(27-21)24-17-11-5-2-6-12-17/h1,3-4,7-10,13-15,17H,2,5-6,11-12H2,(H2,24,25,26,27). The Morgan fingerprint density at radius 3 is 2.37 bits per heavy atom. The van der Waals surface area contributed by atoms with Crippen molar-refractivity contribution in [2.75, 3.05) is 10.6 Å². The number of rotatable bonds is 5. The Bertz CT molecular complexity index is 892. The monoisotopic (exact) mass is 470 g/mol. The lowest BCUT2D eigenvalue weighted by atomic mass is 9.96. The first-order valence-corrected chi connectivity index (χ1v) is 10.6.